The summed E-state index contributed by atoms with van der Waals surface area (Å²) in [7, 11) is 0. The predicted molar refractivity (Wildman–Crippen MR) is 124 cm³/mol. The fourth-order valence-corrected chi connectivity index (χ4v) is 3.66. The Morgan fingerprint density at radius 2 is 1.84 bits per heavy atom. The summed E-state index contributed by atoms with van der Waals surface area (Å²) in [4.78, 5) is 16.3. The summed E-state index contributed by atoms with van der Waals surface area (Å²) in [5, 5.41) is 22.9. The van der Waals surface area contributed by atoms with Crippen molar-refractivity contribution in [3.8, 4) is 22.8 Å². The van der Waals surface area contributed by atoms with Gasteiger partial charge in [0.15, 0.2) is 11.0 Å². The molecule has 0 bridgehead atoms. The molecule has 0 saturated heterocycles. The lowest BCUT2D eigenvalue weighted by molar-refractivity contribution is -0.118. The van der Waals surface area contributed by atoms with Crippen LogP contribution in [0.2, 0.25) is 0 Å². The van der Waals surface area contributed by atoms with Gasteiger partial charge in [-0.1, -0.05) is 41.6 Å². The van der Waals surface area contributed by atoms with Crippen molar-refractivity contribution >= 4 is 23.9 Å². The second kappa shape index (κ2) is 9.88. The van der Waals surface area contributed by atoms with Gasteiger partial charge in [0, 0.05) is 29.2 Å². The first-order chi connectivity index (χ1) is 15.6. The lowest BCUT2D eigenvalue weighted by Gasteiger charge is -2.10. The topological polar surface area (TPSA) is 105 Å². The third-order valence-corrected chi connectivity index (χ3v) is 5.45. The van der Waals surface area contributed by atoms with Crippen LogP contribution in [0.1, 0.15) is 11.1 Å². The highest BCUT2D eigenvalue weighted by atomic mass is 32.2. The summed E-state index contributed by atoms with van der Waals surface area (Å²) in [5.74, 6) is 0.551. The van der Waals surface area contributed by atoms with E-state index >= 15 is 0 Å². The van der Waals surface area contributed by atoms with Crippen molar-refractivity contribution in [1.82, 2.24) is 25.2 Å². The standard InChI is InChI=1S/C23H20N6O2S/c1-16-6-8-19(9-7-16)29-22(17-10-12-24-13-11-17)27-28-23(29)32-15-21(31)26-25-14-18-4-2-3-5-20(18)30/h2-14,30H,15H2,1H3,(H,26,31). The van der Waals surface area contributed by atoms with Gasteiger partial charge in [0.2, 0.25) is 0 Å². The molecule has 160 valence electrons. The number of hydrogen-bond acceptors (Lipinski definition) is 7. The number of nitrogens with one attached hydrogen (secondary N) is 1. The maximum atomic E-state index is 12.3. The van der Waals surface area contributed by atoms with E-state index < -0.39 is 0 Å². The van der Waals surface area contributed by atoms with Crippen molar-refractivity contribution in [2.45, 2.75) is 12.1 Å². The number of carbonyl (C=O) groups is 1. The summed E-state index contributed by atoms with van der Waals surface area (Å²) >= 11 is 1.26. The van der Waals surface area contributed by atoms with E-state index in [1.807, 2.05) is 47.9 Å². The smallest absolute Gasteiger partial charge is 0.250 e. The van der Waals surface area contributed by atoms with Crippen LogP contribution in [-0.2, 0) is 4.79 Å². The van der Waals surface area contributed by atoms with E-state index in [-0.39, 0.29) is 17.4 Å². The van der Waals surface area contributed by atoms with Gasteiger partial charge in [-0.2, -0.15) is 5.10 Å². The van der Waals surface area contributed by atoms with E-state index in [1.165, 1.54) is 18.0 Å². The third kappa shape index (κ3) is 5.01. The van der Waals surface area contributed by atoms with Crippen molar-refractivity contribution in [1.29, 1.82) is 0 Å². The number of rotatable bonds is 7. The van der Waals surface area contributed by atoms with Gasteiger partial charge in [0.1, 0.15) is 5.75 Å². The first kappa shape index (κ1) is 21.3. The number of aryl methyl sites for hydroxylation is 1. The molecule has 0 aliphatic heterocycles. The molecule has 0 aliphatic rings. The molecule has 2 N–H and O–H groups in total. The van der Waals surface area contributed by atoms with Gasteiger partial charge in [-0.3, -0.25) is 14.3 Å². The van der Waals surface area contributed by atoms with Crippen molar-refractivity contribution < 1.29 is 9.90 Å². The Balaban J connectivity index is 1.51. The van der Waals surface area contributed by atoms with Crippen LogP contribution in [0.15, 0.2) is 83.3 Å². The van der Waals surface area contributed by atoms with Gasteiger partial charge in [-0.05, 0) is 43.3 Å². The maximum absolute atomic E-state index is 12.3. The molecule has 0 fully saturated rings. The number of thioether (sulfide) groups is 1. The van der Waals surface area contributed by atoms with E-state index in [0.29, 0.717) is 16.5 Å². The van der Waals surface area contributed by atoms with Crippen LogP contribution in [0.4, 0.5) is 0 Å². The molecule has 0 saturated carbocycles. The minimum Gasteiger partial charge on any atom is -0.507 e. The number of para-hydroxylation sites is 1. The summed E-state index contributed by atoms with van der Waals surface area (Å²) in [5.41, 5.74) is 5.89. The lowest BCUT2D eigenvalue weighted by Crippen LogP contribution is -2.20. The number of pyridine rings is 1. The molecule has 0 unspecified atom stereocenters. The van der Waals surface area contributed by atoms with Crippen LogP contribution in [0.25, 0.3) is 17.1 Å². The Hall–Kier alpha value is -3.98. The number of phenolic OH excluding ortho intramolecular Hbond substituents is 1. The number of phenols is 1. The highest BCUT2D eigenvalue weighted by Gasteiger charge is 2.17. The van der Waals surface area contributed by atoms with Crippen molar-refractivity contribution in [2.75, 3.05) is 5.75 Å². The number of hydrogen-bond donors (Lipinski definition) is 2. The van der Waals surface area contributed by atoms with Crippen LogP contribution in [0.3, 0.4) is 0 Å². The number of nitrogens with zero attached hydrogens (tertiary/aromatic N) is 5. The Kier molecular flexibility index (Phi) is 6.57. The largest absolute Gasteiger partial charge is 0.507 e. The van der Waals surface area contributed by atoms with E-state index in [4.69, 9.17) is 0 Å². The zero-order valence-electron chi connectivity index (χ0n) is 17.2. The van der Waals surface area contributed by atoms with Crippen LogP contribution < -0.4 is 5.43 Å². The summed E-state index contributed by atoms with van der Waals surface area (Å²) in [6, 6.07) is 18.5. The van der Waals surface area contributed by atoms with Gasteiger partial charge in [-0.15, -0.1) is 10.2 Å². The molecule has 4 aromatic rings. The molecule has 0 atom stereocenters. The molecular weight excluding hydrogens is 424 g/mol. The molecule has 1 amide bonds. The molecule has 4 rings (SSSR count). The van der Waals surface area contributed by atoms with Gasteiger partial charge in [-0.25, -0.2) is 5.43 Å². The summed E-state index contributed by atoms with van der Waals surface area (Å²) in [6.45, 7) is 2.02. The lowest BCUT2D eigenvalue weighted by atomic mass is 10.2. The fraction of sp³-hybridized carbons (Fsp3) is 0.0870. The van der Waals surface area contributed by atoms with Crippen LogP contribution >= 0.6 is 11.8 Å². The first-order valence-corrected chi connectivity index (χ1v) is 10.8. The average Bonchev–Trinajstić information content (AvgIpc) is 3.24. The van der Waals surface area contributed by atoms with Gasteiger partial charge in [0.25, 0.3) is 5.91 Å². The third-order valence-electron chi connectivity index (χ3n) is 4.53. The SMILES string of the molecule is Cc1ccc(-n2c(SCC(=O)NN=Cc3ccccc3O)nnc2-c2ccncc2)cc1. The molecular formula is C23H20N6O2S. The molecule has 2 aromatic carbocycles. The highest BCUT2D eigenvalue weighted by Crippen LogP contribution is 2.27. The number of benzene rings is 2. The molecule has 0 spiro atoms. The molecule has 8 nitrogen and oxygen atoms in total. The summed E-state index contributed by atoms with van der Waals surface area (Å²) in [6.07, 6.45) is 4.80. The number of carbonyl (C=O) groups excluding carboxylic acids is 1. The Morgan fingerprint density at radius 3 is 2.59 bits per heavy atom. The number of aromatic hydroxyl groups is 1. The Bertz CT molecular complexity index is 1240. The van der Waals surface area contributed by atoms with Crippen LogP contribution in [-0.4, -0.2) is 42.7 Å². The first-order valence-electron chi connectivity index (χ1n) is 9.77. The van der Waals surface area contributed by atoms with Crippen molar-refractivity contribution in [2.24, 2.45) is 5.10 Å². The molecule has 9 heteroatoms. The van der Waals surface area contributed by atoms with Crippen LogP contribution in [0.5, 0.6) is 5.75 Å². The van der Waals surface area contributed by atoms with Gasteiger partial charge >= 0.3 is 0 Å². The molecule has 0 radical (unpaired) electrons. The Morgan fingerprint density at radius 1 is 1.09 bits per heavy atom. The second-order valence-corrected chi connectivity index (χ2v) is 7.80. The van der Waals surface area contributed by atoms with Gasteiger partial charge < -0.3 is 5.11 Å². The van der Waals surface area contributed by atoms with Crippen molar-refractivity contribution in [3.63, 3.8) is 0 Å². The zero-order valence-corrected chi connectivity index (χ0v) is 18.0. The van der Waals surface area contributed by atoms with E-state index in [1.54, 1.807) is 36.7 Å². The van der Waals surface area contributed by atoms with Gasteiger partial charge in [0.05, 0.1) is 12.0 Å². The summed E-state index contributed by atoms with van der Waals surface area (Å²) < 4.78 is 1.91. The molecule has 2 heterocycles. The average molecular weight is 445 g/mol. The minimum atomic E-state index is -0.300. The van der Waals surface area contributed by atoms with E-state index in [9.17, 15) is 9.90 Å². The van der Waals surface area contributed by atoms with Crippen LogP contribution in [0, 0.1) is 6.92 Å². The number of aromatic nitrogens is 4. The Labute approximate surface area is 189 Å². The monoisotopic (exact) mass is 444 g/mol. The number of amides is 1. The highest BCUT2D eigenvalue weighted by molar-refractivity contribution is 7.99. The molecule has 0 aliphatic carbocycles. The minimum absolute atomic E-state index is 0.0923. The number of hydrazone groups is 1. The predicted octanol–water partition coefficient (Wildman–Crippen LogP) is 3.59. The second-order valence-electron chi connectivity index (χ2n) is 6.85. The maximum Gasteiger partial charge on any atom is 0.250 e. The van der Waals surface area contributed by atoms with E-state index in [0.717, 1.165) is 16.8 Å². The fourth-order valence-electron chi connectivity index (χ4n) is 2.91. The van der Waals surface area contributed by atoms with E-state index in [2.05, 4.69) is 25.7 Å². The molecule has 32 heavy (non-hydrogen) atoms. The zero-order chi connectivity index (χ0) is 22.3. The molecule has 2 aromatic heterocycles. The quantitative estimate of drug-likeness (QED) is 0.256. The van der Waals surface area contributed by atoms with Crippen molar-refractivity contribution in [3.05, 3.63) is 84.2 Å². The normalized spacial score (nSPS) is 11.0.